The molecule has 0 N–H and O–H groups in total. The van der Waals surface area contributed by atoms with Crippen LogP contribution in [0.3, 0.4) is 0 Å². The molecule has 0 atom stereocenters. The van der Waals surface area contributed by atoms with E-state index in [2.05, 4.69) is 126 Å². The molecule has 2 heterocycles. The number of nitrogens with zero attached hydrogens (tertiary/aromatic N) is 2. The van der Waals surface area contributed by atoms with Gasteiger partial charge in [0.25, 0.3) is 0 Å². The Bertz CT molecular complexity index is 2480. The number of fused-ring (bicyclic) bond motifs is 6. The number of aromatic nitrogens is 1. The molecule has 0 amide bonds. The average Bonchev–Trinajstić information content (AvgIpc) is 3.72. The van der Waals surface area contributed by atoms with Crippen LogP contribution in [0.2, 0.25) is 0 Å². The van der Waals surface area contributed by atoms with Gasteiger partial charge < -0.3 is 9.32 Å². The van der Waals surface area contributed by atoms with E-state index in [4.69, 9.17) is 9.40 Å². The molecule has 0 aliphatic rings. The standard InChI is InChI=1S/C41H26N2OS/c1-3-11-28(12-4-1)41-42-40-33-17-9-18-35(32(33)25-26-36(40)44-41)43(29-13-5-2-6-14-29)30-23-21-27(22-24-30)31-16-10-20-38-39(31)34-15-7-8-19-37(34)45-38/h1-26H. The highest BCUT2D eigenvalue weighted by atomic mass is 32.1. The Balaban J connectivity index is 1.19. The number of anilines is 3. The summed E-state index contributed by atoms with van der Waals surface area (Å²) in [5.41, 5.74) is 8.35. The highest BCUT2D eigenvalue weighted by molar-refractivity contribution is 7.25. The third kappa shape index (κ3) is 4.30. The van der Waals surface area contributed by atoms with Crippen LogP contribution < -0.4 is 4.90 Å². The van der Waals surface area contributed by atoms with Crippen LogP contribution in [0.1, 0.15) is 0 Å². The highest BCUT2D eigenvalue weighted by Gasteiger charge is 2.19. The fourth-order valence-electron chi connectivity index (χ4n) is 6.44. The van der Waals surface area contributed by atoms with Crippen LogP contribution in [0.5, 0.6) is 0 Å². The SMILES string of the molecule is c1ccc(-c2nc3c(ccc4c(N(c5ccccc5)c5ccc(-c6cccc7sc8ccccc8c67)cc5)cccc43)o2)cc1. The summed E-state index contributed by atoms with van der Waals surface area (Å²) in [7, 11) is 0. The lowest BCUT2D eigenvalue weighted by Crippen LogP contribution is -2.10. The Labute approximate surface area is 264 Å². The van der Waals surface area contributed by atoms with Crippen LogP contribution in [-0.2, 0) is 0 Å². The number of hydrogen-bond donors (Lipinski definition) is 0. The molecule has 7 aromatic carbocycles. The second-order valence-corrected chi connectivity index (χ2v) is 12.2. The van der Waals surface area contributed by atoms with E-state index in [0.29, 0.717) is 5.89 Å². The summed E-state index contributed by atoms with van der Waals surface area (Å²) in [5.74, 6) is 0.632. The quantitative estimate of drug-likeness (QED) is 0.198. The number of benzene rings is 7. The van der Waals surface area contributed by atoms with Crippen molar-refractivity contribution in [1.82, 2.24) is 4.98 Å². The van der Waals surface area contributed by atoms with Gasteiger partial charge >= 0.3 is 0 Å². The molecule has 0 unspecified atom stereocenters. The first-order chi connectivity index (χ1) is 22.3. The summed E-state index contributed by atoms with van der Waals surface area (Å²) in [5, 5.41) is 4.81. The first-order valence-corrected chi connectivity index (χ1v) is 15.9. The predicted octanol–water partition coefficient (Wildman–Crippen LogP) is 12.2. The van der Waals surface area contributed by atoms with Crippen molar-refractivity contribution in [3.8, 4) is 22.6 Å². The van der Waals surface area contributed by atoms with Gasteiger partial charge in [0.15, 0.2) is 5.58 Å². The van der Waals surface area contributed by atoms with Gasteiger partial charge in [-0.3, -0.25) is 0 Å². The van der Waals surface area contributed by atoms with Crippen molar-refractivity contribution in [2.75, 3.05) is 4.90 Å². The second kappa shape index (κ2) is 10.5. The van der Waals surface area contributed by atoms with Crippen LogP contribution in [0, 0.1) is 0 Å². The van der Waals surface area contributed by atoms with Gasteiger partial charge in [-0.2, -0.15) is 0 Å². The zero-order valence-corrected chi connectivity index (χ0v) is 25.0. The van der Waals surface area contributed by atoms with Crippen LogP contribution >= 0.6 is 11.3 Å². The molecule has 0 spiro atoms. The summed E-state index contributed by atoms with van der Waals surface area (Å²) in [6.07, 6.45) is 0. The normalized spacial score (nSPS) is 11.6. The fourth-order valence-corrected chi connectivity index (χ4v) is 7.57. The van der Waals surface area contributed by atoms with Gasteiger partial charge in [0.05, 0.1) is 5.69 Å². The largest absolute Gasteiger partial charge is 0.436 e. The monoisotopic (exact) mass is 594 g/mol. The molecule has 0 saturated carbocycles. The number of rotatable bonds is 5. The van der Waals surface area contributed by atoms with E-state index in [9.17, 15) is 0 Å². The molecule has 0 aliphatic carbocycles. The van der Waals surface area contributed by atoms with Gasteiger partial charge in [-0.1, -0.05) is 91.0 Å². The smallest absolute Gasteiger partial charge is 0.227 e. The van der Waals surface area contributed by atoms with E-state index < -0.39 is 0 Å². The van der Waals surface area contributed by atoms with Gasteiger partial charge in [0.1, 0.15) is 5.52 Å². The number of hydrogen-bond acceptors (Lipinski definition) is 4. The minimum absolute atomic E-state index is 0.632. The van der Waals surface area contributed by atoms with Crippen molar-refractivity contribution in [2.45, 2.75) is 0 Å². The fraction of sp³-hybridized carbons (Fsp3) is 0. The van der Waals surface area contributed by atoms with E-state index in [0.717, 1.165) is 44.5 Å². The molecule has 0 saturated heterocycles. The Morgan fingerprint density at radius 2 is 1.18 bits per heavy atom. The zero-order chi connectivity index (χ0) is 29.7. The van der Waals surface area contributed by atoms with Crippen molar-refractivity contribution >= 4 is 70.4 Å². The van der Waals surface area contributed by atoms with E-state index in [1.54, 1.807) is 0 Å². The van der Waals surface area contributed by atoms with E-state index in [1.165, 1.54) is 31.3 Å². The molecule has 0 aliphatic heterocycles. The molecular weight excluding hydrogens is 569 g/mol. The summed E-state index contributed by atoms with van der Waals surface area (Å²) in [6, 6.07) is 55.6. The molecule has 9 aromatic rings. The lowest BCUT2D eigenvalue weighted by atomic mass is 9.99. The second-order valence-electron chi connectivity index (χ2n) is 11.2. The number of thiophene rings is 1. The van der Waals surface area contributed by atoms with Gasteiger partial charge in [-0.05, 0) is 77.9 Å². The van der Waals surface area contributed by atoms with Crippen LogP contribution in [0.25, 0.3) is 64.6 Å². The van der Waals surface area contributed by atoms with Gasteiger partial charge in [-0.15, -0.1) is 11.3 Å². The van der Waals surface area contributed by atoms with Crippen LogP contribution in [-0.4, -0.2) is 4.98 Å². The Morgan fingerprint density at radius 1 is 0.489 bits per heavy atom. The number of para-hydroxylation sites is 1. The van der Waals surface area contributed by atoms with Crippen LogP contribution in [0.4, 0.5) is 17.1 Å². The lowest BCUT2D eigenvalue weighted by molar-refractivity contribution is 0.620. The summed E-state index contributed by atoms with van der Waals surface area (Å²) >= 11 is 1.86. The Kier molecular flexibility index (Phi) is 6.00. The molecule has 4 heteroatoms. The minimum Gasteiger partial charge on any atom is -0.436 e. The molecule has 9 rings (SSSR count). The summed E-state index contributed by atoms with van der Waals surface area (Å²) in [4.78, 5) is 7.29. The topological polar surface area (TPSA) is 29.3 Å². The molecule has 0 radical (unpaired) electrons. The average molecular weight is 595 g/mol. The van der Waals surface area contributed by atoms with Crippen molar-refractivity contribution in [3.63, 3.8) is 0 Å². The maximum absolute atomic E-state index is 6.21. The molecule has 2 aromatic heterocycles. The van der Waals surface area contributed by atoms with E-state index >= 15 is 0 Å². The number of oxazole rings is 1. The molecule has 0 bridgehead atoms. The highest BCUT2D eigenvalue weighted by Crippen LogP contribution is 2.43. The van der Waals surface area contributed by atoms with Crippen molar-refractivity contribution in [2.24, 2.45) is 0 Å². The maximum atomic E-state index is 6.21. The zero-order valence-electron chi connectivity index (χ0n) is 24.2. The third-order valence-corrected chi connectivity index (χ3v) is 9.64. The van der Waals surface area contributed by atoms with Gasteiger partial charge in [-0.25, -0.2) is 4.98 Å². The van der Waals surface area contributed by atoms with Crippen molar-refractivity contribution in [1.29, 1.82) is 0 Å². The summed E-state index contributed by atoms with van der Waals surface area (Å²) < 4.78 is 8.85. The van der Waals surface area contributed by atoms with Gasteiger partial charge in [0, 0.05) is 47.9 Å². The van der Waals surface area contributed by atoms with Crippen molar-refractivity contribution < 1.29 is 4.42 Å². The molecule has 3 nitrogen and oxygen atoms in total. The van der Waals surface area contributed by atoms with E-state index in [1.807, 2.05) is 47.7 Å². The van der Waals surface area contributed by atoms with Crippen LogP contribution in [0.15, 0.2) is 162 Å². The minimum atomic E-state index is 0.632. The van der Waals surface area contributed by atoms with Crippen molar-refractivity contribution in [3.05, 3.63) is 158 Å². The Morgan fingerprint density at radius 3 is 2.02 bits per heavy atom. The summed E-state index contributed by atoms with van der Waals surface area (Å²) in [6.45, 7) is 0. The maximum Gasteiger partial charge on any atom is 0.227 e. The molecule has 45 heavy (non-hydrogen) atoms. The third-order valence-electron chi connectivity index (χ3n) is 8.51. The predicted molar refractivity (Wildman–Crippen MR) is 190 cm³/mol. The molecular formula is C41H26N2OS. The Hall–Kier alpha value is -5.71. The van der Waals surface area contributed by atoms with Gasteiger partial charge in [0.2, 0.25) is 5.89 Å². The first kappa shape index (κ1) is 25.8. The lowest BCUT2D eigenvalue weighted by Gasteiger charge is -2.27. The first-order valence-electron chi connectivity index (χ1n) is 15.1. The molecule has 212 valence electrons. The molecule has 0 fully saturated rings. The van der Waals surface area contributed by atoms with E-state index in [-0.39, 0.29) is 0 Å².